The van der Waals surface area contributed by atoms with Crippen LogP contribution in [0.25, 0.3) is 0 Å². The first-order valence-corrected chi connectivity index (χ1v) is 11.3. The fraction of sp³-hybridized carbons (Fsp3) is 0.696. The number of halogens is 1. The molecule has 3 aliphatic rings. The molecule has 0 atom stereocenters. The average molecular weight is 512 g/mol. The van der Waals surface area contributed by atoms with Gasteiger partial charge in [0.25, 0.3) is 0 Å². The molecule has 1 aromatic rings. The Balaban J connectivity index is 0.00000240. The van der Waals surface area contributed by atoms with Gasteiger partial charge in [0, 0.05) is 43.8 Å². The highest BCUT2D eigenvalue weighted by Crippen LogP contribution is 2.50. The molecular weight excluding hydrogens is 475 g/mol. The first kappa shape index (κ1) is 22.8. The smallest absolute Gasteiger partial charge is 0.198 e. The highest BCUT2D eigenvalue weighted by molar-refractivity contribution is 14.0. The summed E-state index contributed by atoms with van der Waals surface area (Å²) in [6, 6.07) is 8.97. The summed E-state index contributed by atoms with van der Waals surface area (Å²) in [5.41, 5.74) is 3.22. The predicted octanol–water partition coefficient (Wildman–Crippen LogP) is 3.75. The van der Waals surface area contributed by atoms with Gasteiger partial charge >= 0.3 is 0 Å². The molecule has 0 amide bonds. The fourth-order valence-electron chi connectivity index (χ4n) is 5.32. The van der Waals surface area contributed by atoms with E-state index in [2.05, 4.69) is 46.3 Å². The van der Waals surface area contributed by atoms with Crippen LogP contribution in [0.15, 0.2) is 29.3 Å². The van der Waals surface area contributed by atoms with Gasteiger partial charge in [-0.1, -0.05) is 31.0 Å². The number of rotatable bonds is 5. The Morgan fingerprint density at radius 1 is 1.21 bits per heavy atom. The number of aliphatic hydroxyl groups excluding tert-OH is 1. The highest BCUT2D eigenvalue weighted by Gasteiger charge is 2.45. The maximum atomic E-state index is 9.66. The number of nitrogens with one attached hydrogen (secondary N) is 1. The molecule has 162 valence electrons. The van der Waals surface area contributed by atoms with Crippen LogP contribution in [0.3, 0.4) is 0 Å². The van der Waals surface area contributed by atoms with Gasteiger partial charge in [0.2, 0.25) is 0 Å². The van der Waals surface area contributed by atoms with Crippen molar-refractivity contribution in [3.05, 3.63) is 29.8 Å². The van der Waals surface area contributed by atoms with Crippen LogP contribution in [0.2, 0.25) is 0 Å². The second-order valence-corrected chi connectivity index (χ2v) is 8.75. The number of aliphatic hydroxyl groups is 1. The number of fused-ring (bicyclic) bond motifs is 2. The predicted molar refractivity (Wildman–Crippen MR) is 132 cm³/mol. The minimum atomic E-state index is -0.0900. The molecule has 1 aliphatic carbocycles. The van der Waals surface area contributed by atoms with Crippen molar-refractivity contribution in [3.63, 3.8) is 0 Å². The number of aliphatic imine (C=N–C) groups is 1. The van der Waals surface area contributed by atoms with Crippen molar-refractivity contribution in [2.24, 2.45) is 4.99 Å². The monoisotopic (exact) mass is 512 g/mol. The van der Waals surface area contributed by atoms with Crippen LogP contribution in [-0.2, 0) is 5.41 Å². The van der Waals surface area contributed by atoms with Gasteiger partial charge in [0.1, 0.15) is 0 Å². The van der Waals surface area contributed by atoms with Crippen LogP contribution in [0.4, 0.5) is 5.69 Å². The average Bonchev–Trinajstić information content (AvgIpc) is 3.32. The number of para-hydroxylation sites is 1. The zero-order chi connectivity index (χ0) is 19.4. The van der Waals surface area contributed by atoms with Crippen LogP contribution in [0.1, 0.15) is 57.4 Å². The number of likely N-dealkylation sites (tertiary alicyclic amines) is 1. The summed E-state index contributed by atoms with van der Waals surface area (Å²) in [5, 5.41) is 13.2. The van der Waals surface area contributed by atoms with E-state index in [0.29, 0.717) is 5.41 Å². The van der Waals surface area contributed by atoms with E-state index in [4.69, 9.17) is 4.99 Å². The van der Waals surface area contributed by atoms with Crippen LogP contribution in [0, 0.1) is 0 Å². The summed E-state index contributed by atoms with van der Waals surface area (Å²) >= 11 is 0. The lowest BCUT2D eigenvalue weighted by atomic mass is 9.81. The van der Waals surface area contributed by atoms with Crippen molar-refractivity contribution in [1.29, 1.82) is 0 Å². The van der Waals surface area contributed by atoms with Gasteiger partial charge in [-0.2, -0.15) is 0 Å². The fourth-order valence-corrected chi connectivity index (χ4v) is 5.32. The third-order valence-corrected chi connectivity index (χ3v) is 6.83. The molecule has 29 heavy (non-hydrogen) atoms. The quantitative estimate of drug-likeness (QED) is 0.273. The number of hydrogen-bond acceptors (Lipinski definition) is 3. The lowest BCUT2D eigenvalue weighted by Gasteiger charge is -2.29. The van der Waals surface area contributed by atoms with Gasteiger partial charge in [-0.3, -0.25) is 4.99 Å². The number of benzene rings is 1. The summed E-state index contributed by atoms with van der Waals surface area (Å²) in [7, 11) is 0. The summed E-state index contributed by atoms with van der Waals surface area (Å²) in [6.07, 6.45) is 8.12. The second kappa shape index (κ2) is 10.4. The number of guanidine groups is 1. The molecule has 6 heteroatoms. The van der Waals surface area contributed by atoms with E-state index in [0.717, 1.165) is 64.5 Å². The van der Waals surface area contributed by atoms with Crippen molar-refractivity contribution in [3.8, 4) is 0 Å². The number of anilines is 1. The van der Waals surface area contributed by atoms with Crippen molar-refractivity contribution in [2.75, 3.05) is 44.2 Å². The van der Waals surface area contributed by atoms with E-state index in [1.807, 2.05) is 0 Å². The van der Waals surface area contributed by atoms with Gasteiger partial charge in [-0.15, -0.1) is 24.0 Å². The number of piperidine rings is 1. The minimum Gasteiger partial charge on any atom is -0.393 e. The SMILES string of the molecule is CCNC(=NCCCN1CCC(O)CC1)N1CC2(CCCC2)c2ccccc21.I. The highest BCUT2D eigenvalue weighted by atomic mass is 127. The van der Waals surface area contributed by atoms with E-state index in [1.54, 1.807) is 0 Å². The van der Waals surface area contributed by atoms with Gasteiger partial charge in [-0.05, 0) is 57.2 Å². The third kappa shape index (κ3) is 5.07. The van der Waals surface area contributed by atoms with E-state index in [1.165, 1.54) is 36.9 Å². The molecule has 0 bridgehead atoms. The Kier molecular flexibility index (Phi) is 8.22. The van der Waals surface area contributed by atoms with Crippen molar-refractivity contribution in [1.82, 2.24) is 10.2 Å². The Labute approximate surface area is 193 Å². The summed E-state index contributed by atoms with van der Waals surface area (Å²) in [4.78, 5) is 9.92. The Hall–Kier alpha value is -0.860. The molecule has 1 saturated heterocycles. The van der Waals surface area contributed by atoms with Gasteiger partial charge in [-0.25, -0.2) is 0 Å². The molecule has 5 nitrogen and oxygen atoms in total. The Morgan fingerprint density at radius 3 is 2.66 bits per heavy atom. The van der Waals surface area contributed by atoms with Gasteiger partial charge in [0.05, 0.1) is 6.10 Å². The first-order valence-electron chi connectivity index (χ1n) is 11.3. The van der Waals surface area contributed by atoms with E-state index >= 15 is 0 Å². The van der Waals surface area contributed by atoms with E-state index in [9.17, 15) is 5.11 Å². The third-order valence-electron chi connectivity index (χ3n) is 6.83. The number of hydrogen-bond donors (Lipinski definition) is 2. The largest absolute Gasteiger partial charge is 0.393 e. The summed E-state index contributed by atoms with van der Waals surface area (Å²) < 4.78 is 0. The van der Waals surface area contributed by atoms with Gasteiger partial charge in [0.15, 0.2) is 5.96 Å². The molecule has 2 heterocycles. The molecule has 0 radical (unpaired) electrons. The molecule has 0 unspecified atom stereocenters. The topological polar surface area (TPSA) is 51.1 Å². The normalized spacial score (nSPS) is 22.0. The Morgan fingerprint density at radius 2 is 1.93 bits per heavy atom. The molecule has 0 aromatic heterocycles. The zero-order valence-corrected chi connectivity index (χ0v) is 20.1. The van der Waals surface area contributed by atoms with Crippen molar-refractivity contribution in [2.45, 2.75) is 63.4 Å². The molecule has 4 rings (SSSR count). The van der Waals surface area contributed by atoms with Crippen LogP contribution in [-0.4, -0.2) is 61.3 Å². The van der Waals surface area contributed by atoms with Crippen molar-refractivity contribution >= 4 is 35.6 Å². The van der Waals surface area contributed by atoms with Crippen LogP contribution < -0.4 is 10.2 Å². The lowest BCUT2D eigenvalue weighted by molar-refractivity contribution is 0.0824. The zero-order valence-electron chi connectivity index (χ0n) is 17.8. The lowest BCUT2D eigenvalue weighted by Crippen LogP contribution is -2.43. The summed E-state index contributed by atoms with van der Waals surface area (Å²) in [6.45, 7) is 8.10. The maximum absolute atomic E-state index is 9.66. The van der Waals surface area contributed by atoms with E-state index < -0.39 is 0 Å². The van der Waals surface area contributed by atoms with Gasteiger partial charge < -0.3 is 20.2 Å². The molecular formula is C23H37IN4O. The standard InChI is InChI=1S/C23H36N4O.HI/c1-2-24-22(25-14-7-15-26-16-10-19(28)11-17-26)27-18-23(12-5-6-13-23)20-8-3-4-9-21(20)27;/h3-4,8-9,19,28H,2,5-7,10-18H2,1H3,(H,24,25);1H. The molecule has 2 aliphatic heterocycles. The minimum absolute atomic E-state index is 0. The second-order valence-electron chi connectivity index (χ2n) is 8.75. The van der Waals surface area contributed by atoms with Crippen LogP contribution >= 0.6 is 24.0 Å². The number of nitrogens with zero attached hydrogens (tertiary/aromatic N) is 3. The molecule has 1 aromatic carbocycles. The maximum Gasteiger partial charge on any atom is 0.198 e. The van der Waals surface area contributed by atoms with Crippen LogP contribution in [0.5, 0.6) is 0 Å². The molecule has 1 saturated carbocycles. The summed E-state index contributed by atoms with van der Waals surface area (Å²) in [5.74, 6) is 1.05. The molecule has 1 spiro atoms. The molecule has 2 N–H and O–H groups in total. The Bertz CT molecular complexity index is 681. The van der Waals surface area contributed by atoms with E-state index in [-0.39, 0.29) is 30.1 Å². The van der Waals surface area contributed by atoms with Crippen molar-refractivity contribution < 1.29 is 5.11 Å². The molecule has 2 fully saturated rings. The first-order chi connectivity index (χ1) is 13.7.